The Kier molecular flexibility index (Phi) is 5.52. The van der Waals surface area contributed by atoms with Gasteiger partial charge in [-0.25, -0.2) is 0 Å². The first-order chi connectivity index (χ1) is 20.4. The Labute approximate surface area is 237 Å². The fraction of sp³-hybridized carbons (Fsp3) is 0. The fourth-order valence-electron chi connectivity index (χ4n) is 5.98. The fourth-order valence-corrected chi connectivity index (χ4v) is 5.98. The molecule has 0 bridgehead atoms. The molecule has 0 atom stereocenters. The third-order valence-electron chi connectivity index (χ3n) is 7.69. The van der Waals surface area contributed by atoms with Gasteiger partial charge < -0.3 is 18.4 Å². The van der Waals surface area contributed by atoms with Crippen LogP contribution in [0, 0.1) is 0 Å². The van der Waals surface area contributed by atoms with Gasteiger partial charge in [-0.1, -0.05) is 97.1 Å². The molecule has 2 heterocycles. The molecule has 0 aliphatic rings. The molecule has 0 spiro atoms. The summed E-state index contributed by atoms with van der Waals surface area (Å²) in [5.74, 6) is 1.44. The molecule has 193 valence electrons. The lowest BCUT2D eigenvalue weighted by Crippen LogP contribution is -2.12. The largest absolute Gasteiger partial charge is 0.658 e. The summed E-state index contributed by atoms with van der Waals surface area (Å²) in [6.07, 6.45) is 0. The Morgan fingerprint density at radius 2 is 0.756 bits per heavy atom. The maximum Gasteiger partial charge on any atom is 0.658 e. The Balaban J connectivity index is 1.22. The van der Waals surface area contributed by atoms with Gasteiger partial charge in [-0.15, -0.1) is 0 Å². The van der Waals surface area contributed by atoms with Gasteiger partial charge in [0.1, 0.15) is 11.5 Å². The van der Waals surface area contributed by atoms with E-state index in [4.69, 9.17) is 9.31 Å². The van der Waals surface area contributed by atoms with Crippen LogP contribution in [0.4, 0.5) is 0 Å². The Bertz CT molecular complexity index is 2030. The summed E-state index contributed by atoms with van der Waals surface area (Å²) in [5.41, 5.74) is 6.40. The molecule has 5 heteroatoms. The Morgan fingerprint density at radius 3 is 1.22 bits per heavy atom. The van der Waals surface area contributed by atoms with Crippen molar-refractivity contribution in [1.29, 1.82) is 0 Å². The van der Waals surface area contributed by atoms with Gasteiger partial charge in [-0.05, 0) is 48.5 Å². The van der Waals surface area contributed by atoms with E-state index in [1.807, 2.05) is 36.4 Å². The highest BCUT2D eigenvalue weighted by Gasteiger charge is 2.19. The maximum absolute atomic E-state index is 6.31. The van der Waals surface area contributed by atoms with E-state index in [2.05, 4.69) is 118 Å². The predicted molar refractivity (Wildman–Crippen MR) is 169 cm³/mol. The van der Waals surface area contributed by atoms with Crippen molar-refractivity contribution in [2.45, 2.75) is 0 Å². The van der Waals surface area contributed by atoms with Crippen molar-refractivity contribution in [3.8, 4) is 22.9 Å². The number of fused-ring (bicyclic) bond motifs is 6. The average molecular weight is 527 g/mol. The number of benzene rings is 6. The highest BCUT2D eigenvalue weighted by atomic mass is 16.6. The lowest BCUT2D eigenvalue weighted by atomic mass is 10.1. The molecule has 0 aliphatic carbocycles. The molecular formula is C36H24BN2O2. The monoisotopic (exact) mass is 527 g/mol. The molecule has 8 rings (SSSR count). The van der Waals surface area contributed by atoms with E-state index >= 15 is 0 Å². The SMILES string of the molecule is [B](Oc1cccc2c3ccccc3n(-c3ccccc3)c12)Oc1cccc2c3ccccc3n(-c3ccccc3)c12. The van der Waals surface area contributed by atoms with Gasteiger partial charge in [0.15, 0.2) is 0 Å². The molecule has 0 fully saturated rings. The van der Waals surface area contributed by atoms with Gasteiger partial charge >= 0.3 is 7.69 Å². The zero-order chi connectivity index (χ0) is 27.2. The Morgan fingerprint density at radius 1 is 0.366 bits per heavy atom. The molecule has 0 aliphatic heterocycles. The minimum absolute atomic E-state index is 0.721. The van der Waals surface area contributed by atoms with E-state index in [9.17, 15) is 0 Å². The minimum Gasteiger partial charge on any atom is -0.525 e. The molecular weight excluding hydrogens is 503 g/mol. The third kappa shape index (κ3) is 3.78. The first-order valence-electron chi connectivity index (χ1n) is 13.7. The second-order valence-electron chi connectivity index (χ2n) is 10.0. The van der Waals surface area contributed by atoms with Crippen molar-refractivity contribution in [3.63, 3.8) is 0 Å². The number of nitrogens with zero attached hydrogens (tertiary/aromatic N) is 2. The molecule has 4 nitrogen and oxygen atoms in total. The van der Waals surface area contributed by atoms with E-state index in [0.29, 0.717) is 0 Å². The van der Waals surface area contributed by atoms with E-state index in [1.165, 1.54) is 18.5 Å². The summed E-state index contributed by atoms with van der Waals surface area (Å²) < 4.78 is 17.1. The number of hydrogen-bond donors (Lipinski definition) is 0. The van der Waals surface area contributed by atoms with Crippen LogP contribution in [-0.2, 0) is 0 Å². The zero-order valence-electron chi connectivity index (χ0n) is 22.1. The molecule has 1 radical (unpaired) electrons. The van der Waals surface area contributed by atoms with Crippen LogP contribution in [0.15, 0.2) is 146 Å². The van der Waals surface area contributed by atoms with Gasteiger partial charge in [0.25, 0.3) is 0 Å². The molecule has 2 aromatic heterocycles. The standard InChI is InChI=1S/C36H24BN2O2/c1-3-13-25(14-4-1)38-31-21-9-7-17-27(31)29-19-11-23-33(35(29)38)40-37-41-34-24-12-20-30-28-18-8-10-22-32(28)39(36(30)34)26-15-5-2-6-16-26/h1-24H. The Hall–Kier alpha value is -5.42. The summed E-state index contributed by atoms with van der Waals surface area (Å²) in [6.45, 7) is 0. The number of rotatable bonds is 6. The average Bonchev–Trinajstić information content (AvgIpc) is 3.56. The molecule has 8 aromatic rings. The number of para-hydroxylation sites is 6. The smallest absolute Gasteiger partial charge is 0.525 e. The molecule has 0 unspecified atom stereocenters. The molecule has 0 saturated carbocycles. The normalized spacial score (nSPS) is 11.4. The second-order valence-corrected chi connectivity index (χ2v) is 10.0. The molecule has 0 amide bonds. The topological polar surface area (TPSA) is 28.3 Å². The van der Waals surface area contributed by atoms with E-state index < -0.39 is 0 Å². The summed E-state index contributed by atoms with van der Waals surface area (Å²) in [6, 6.07) is 50.0. The quantitative estimate of drug-likeness (QED) is 0.202. The van der Waals surface area contributed by atoms with E-state index in [0.717, 1.165) is 55.7 Å². The van der Waals surface area contributed by atoms with Crippen molar-refractivity contribution in [3.05, 3.63) is 146 Å². The number of hydrogen-bond acceptors (Lipinski definition) is 2. The first-order valence-corrected chi connectivity index (χ1v) is 13.7. The van der Waals surface area contributed by atoms with Crippen LogP contribution in [-0.4, -0.2) is 16.8 Å². The first kappa shape index (κ1) is 23.5. The van der Waals surface area contributed by atoms with Crippen LogP contribution in [0.25, 0.3) is 55.0 Å². The summed E-state index contributed by atoms with van der Waals surface area (Å²) in [7, 11) is 1.45. The predicted octanol–water partition coefficient (Wildman–Crippen LogP) is 8.87. The lowest BCUT2D eigenvalue weighted by Gasteiger charge is -2.14. The van der Waals surface area contributed by atoms with E-state index in [1.54, 1.807) is 0 Å². The second kappa shape index (κ2) is 9.65. The summed E-state index contributed by atoms with van der Waals surface area (Å²) in [5, 5.41) is 4.60. The van der Waals surface area contributed by atoms with Crippen molar-refractivity contribution in [1.82, 2.24) is 9.13 Å². The van der Waals surface area contributed by atoms with Gasteiger partial charge in [0.05, 0.1) is 22.1 Å². The molecule has 0 N–H and O–H groups in total. The van der Waals surface area contributed by atoms with Crippen molar-refractivity contribution < 1.29 is 9.31 Å². The van der Waals surface area contributed by atoms with Gasteiger partial charge in [-0.3, -0.25) is 0 Å². The van der Waals surface area contributed by atoms with Crippen LogP contribution >= 0.6 is 0 Å². The van der Waals surface area contributed by atoms with E-state index in [-0.39, 0.29) is 0 Å². The van der Waals surface area contributed by atoms with Crippen LogP contribution in [0.3, 0.4) is 0 Å². The van der Waals surface area contributed by atoms with Crippen LogP contribution < -0.4 is 9.31 Å². The van der Waals surface area contributed by atoms with Crippen LogP contribution in [0.2, 0.25) is 0 Å². The van der Waals surface area contributed by atoms with Crippen LogP contribution in [0.5, 0.6) is 11.5 Å². The summed E-state index contributed by atoms with van der Waals surface area (Å²) >= 11 is 0. The summed E-state index contributed by atoms with van der Waals surface area (Å²) in [4.78, 5) is 0. The van der Waals surface area contributed by atoms with Gasteiger partial charge in [0, 0.05) is 32.9 Å². The highest BCUT2D eigenvalue weighted by Crippen LogP contribution is 2.39. The zero-order valence-corrected chi connectivity index (χ0v) is 22.1. The lowest BCUT2D eigenvalue weighted by molar-refractivity contribution is 0.463. The molecule has 41 heavy (non-hydrogen) atoms. The highest BCUT2D eigenvalue weighted by molar-refractivity contribution is 6.23. The van der Waals surface area contributed by atoms with Crippen LogP contribution in [0.1, 0.15) is 0 Å². The van der Waals surface area contributed by atoms with Crippen molar-refractivity contribution in [2.24, 2.45) is 0 Å². The minimum atomic E-state index is 0.721. The van der Waals surface area contributed by atoms with Gasteiger partial charge in [-0.2, -0.15) is 0 Å². The van der Waals surface area contributed by atoms with Crippen molar-refractivity contribution >= 4 is 51.3 Å². The van der Waals surface area contributed by atoms with Crippen molar-refractivity contribution in [2.75, 3.05) is 0 Å². The third-order valence-corrected chi connectivity index (χ3v) is 7.69. The maximum atomic E-state index is 6.31. The van der Waals surface area contributed by atoms with Gasteiger partial charge in [0.2, 0.25) is 0 Å². The number of aromatic nitrogens is 2. The molecule has 0 saturated heterocycles. The molecule has 6 aromatic carbocycles.